The first-order valence-electron chi connectivity index (χ1n) is 8.25. The number of furan rings is 1. The summed E-state index contributed by atoms with van der Waals surface area (Å²) in [4.78, 5) is 12.4. The van der Waals surface area contributed by atoms with Crippen LogP contribution in [0.15, 0.2) is 22.6 Å². The lowest BCUT2D eigenvalue weighted by molar-refractivity contribution is -0.123. The smallest absolute Gasteiger partial charge is 0.224 e. The first-order valence-corrected chi connectivity index (χ1v) is 8.25. The molecule has 2 aromatic rings. The maximum absolute atomic E-state index is 13.3. The molecule has 1 aliphatic carbocycles. The highest BCUT2D eigenvalue weighted by Crippen LogP contribution is 2.58. The lowest BCUT2D eigenvalue weighted by atomic mass is 9.92. The topological polar surface area (TPSA) is 54.3 Å². The van der Waals surface area contributed by atoms with E-state index in [1.807, 2.05) is 6.92 Å². The zero-order valence-corrected chi connectivity index (χ0v) is 14.5. The normalized spacial score (nSPS) is 21.5. The Morgan fingerprint density at radius 3 is 2.92 bits per heavy atom. The molecule has 0 bridgehead atoms. The van der Waals surface area contributed by atoms with Crippen LogP contribution in [0.5, 0.6) is 0 Å². The van der Waals surface area contributed by atoms with Crippen LogP contribution < -0.4 is 10.6 Å². The van der Waals surface area contributed by atoms with E-state index in [1.54, 1.807) is 6.07 Å². The fourth-order valence-corrected chi connectivity index (χ4v) is 3.90. The summed E-state index contributed by atoms with van der Waals surface area (Å²) in [6.45, 7) is 4.29. The Balaban J connectivity index is 0.00000169. The van der Waals surface area contributed by atoms with Gasteiger partial charge in [-0.3, -0.25) is 4.79 Å². The number of carbonyl (C=O) groups excluding carboxylic acids is 1. The van der Waals surface area contributed by atoms with Gasteiger partial charge in [0.05, 0.1) is 6.54 Å². The molecule has 2 N–H and O–H groups in total. The zero-order chi connectivity index (χ0) is 16.0. The predicted octanol–water partition coefficient (Wildman–Crippen LogP) is 3.31. The van der Waals surface area contributed by atoms with Gasteiger partial charge in [-0.1, -0.05) is 0 Å². The molecule has 2 fully saturated rings. The Morgan fingerprint density at radius 1 is 1.42 bits per heavy atom. The van der Waals surface area contributed by atoms with Gasteiger partial charge in [0.15, 0.2) is 0 Å². The van der Waals surface area contributed by atoms with Crippen molar-refractivity contribution in [2.75, 3.05) is 13.1 Å². The van der Waals surface area contributed by atoms with Crippen LogP contribution in [-0.4, -0.2) is 19.0 Å². The minimum Gasteiger partial charge on any atom is -0.459 e. The highest BCUT2D eigenvalue weighted by molar-refractivity contribution is 5.85. The third-order valence-corrected chi connectivity index (χ3v) is 5.53. The number of fused-ring (bicyclic) bond motifs is 1. The summed E-state index contributed by atoms with van der Waals surface area (Å²) in [5.74, 6) is 0.700. The largest absolute Gasteiger partial charge is 0.459 e. The molecule has 1 spiro atoms. The first kappa shape index (κ1) is 17.2. The fourth-order valence-electron chi connectivity index (χ4n) is 3.90. The van der Waals surface area contributed by atoms with Crippen molar-refractivity contribution in [1.29, 1.82) is 0 Å². The van der Waals surface area contributed by atoms with Crippen LogP contribution in [0.1, 0.15) is 30.6 Å². The van der Waals surface area contributed by atoms with Gasteiger partial charge in [0.1, 0.15) is 17.2 Å². The average Bonchev–Trinajstić information content (AvgIpc) is 3.15. The van der Waals surface area contributed by atoms with E-state index in [1.165, 1.54) is 12.1 Å². The van der Waals surface area contributed by atoms with Crippen molar-refractivity contribution < 1.29 is 13.6 Å². The lowest BCUT2D eigenvalue weighted by Crippen LogP contribution is -2.33. The molecular formula is C18H22ClFN2O2. The Hall–Kier alpha value is -1.59. The fraction of sp³-hybridized carbons (Fsp3) is 0.500. The molecule has 1 amide bonds. The number of benzene rings is 1. The van der Waals surface area contributed by atoms with Crippen molar-refractivity contribution >= 4 is 29.3 Å². The monoisotopic (exact) mass is 352 g/mol. The van der Waals surface area contributed by atoms with Gasteiger partial charge < -0.3 is 15.1 Å². The van der Waals surface area contributed by atoms with Gasteiger partial charge in [-0.25, -0.2) is 4.39 Å². The van der Waals surface area contributed by atoms with Crippen LogP contribution in [0.3, 0.4) is 0 Å². The van der Waals surface area contributed by atoms with Crippen molar-refractivity contribution in [3.63, 3.8) is 0 Å². The third kappa shape index (κ3) is 2.91. The number of nitrogens with one attached hydrogen (secondary N) is 2. The van der Waals surface area contributed by atoms with Gasteiger partial charge in [0.25, 0.3) is 0 Å². The summed E-state index contributed by atoms with van der Waals surface area (Å²) in [6, 6.07) is 4.50. The maximum atomic E-state index is 13.3. The van der Waals surface area contributed by atoms with Gasteiger partial charge >= 0.3 is 0 Å². The van der Waals surface area contributed by atoms with Crippen molar-refractivity contribution in [1.82, 2.24) is 10.6 Å². The number of halogens is 2. The molecule has 1 unspecified atom stereocenters. The third-order valence-electron chi connectivity index (χ3n) is 5.53. The summed E-state index contributed by atoms with van der Waals surface area (Å²) in [7, 11) is 0. The number of hydrogen-bond acceptors (Lipinski definition) is 3. The highest BCUT2D eigenvalue weighted by atomic mass is 35.5. The van der Waals surface area contributed by atoms with Crippen LogP contribution >= 0.6 is 12.4 Å². The van der Waals surface area contributed by atoms with Crippen LogP contribution in [0, 0.1) is 24.1 Å². The predicted molar refractivity (Wildman–Crippen MR) is 92.6 cm³/mol. The molecule has 24 heavy (non-hydrogen) atoms. The van der Waals surface area contributed by atoms with E-state index in [9.17, 15) is 9.18 Å². The molecule has 6 heteroatoms. The molecule has 2 heterocycles. The van der Waals surface area contributed by atoms with Crippen LogP contribution in [0.4, 0.5) is 4.39 Å². The van der Waals surface area contributed by atoms with E-state index in [4.69, 9.17) is 4.42 Å². The van der Waals surface area contributed by atoms with Crippen LogP contribution in [-0.2, 0) is 11.3 Å². The molecule has 0 radical (unpaired) electrons. The Morgan fingerprint density at radius 2 is 2.17 bits per heavy atom. The van der Waals surface area contributed by atoms with Crippen molar-refractivity contribution in [3.05, 3.63) is 35.3 Å². The Kier molecular flexibility index (Phi) is 4.58. The van der Waals surface area contributed by atoms with Gasteiger partial charge in [-0.15, -0.1) is 12.4 Å². The quantitative estimate of drug-likeness (QED) is 0.891. The molecule has 130 valence electrons. The lowest BCUT2D eigenvalue weighted by Gasteiger charge is -2.23. The molecule has 4 rings (SSSR count). The van der Waals surface area contributed by atoms with Gasteiger partial charge in [-0.2, -0.15) is 0 Å². The van der Waals surface area contributed by atoms with Crippen molar-refractivity contribution in [3.8, 4) is 0 Å². The summed E-state index contributed by atoms with van der Waals surface area (Å²) in [6.07, 6.45) is 3.19. The number of piperidine rings is 1. The SMILES string of the molecule is Cc1c(CNC(=O)C2CC23CCNCC3)oc2ccc(F)cc12.Cl. The van der Waals surface area contributed by atoms with Gasteiger partial charge in [0.2, 0.25) is 5.91 Å². The molecule has 1 aromatic heterocycles. The minimum atomic E-state index is -0.275. The molecule has 2 aliphatic rings. The van der Waals surface area contributed by atoms with E-state index < -0.39 is 0 Å². The average molecular weight is 353 g/mol. The van der Waals surface area contributed by atoms with Crippen LogP contribution in [0.2, 0.25) is 0 Å². The van der Waals surface area contributed by atoms with Crippen molar-refractivity contribution in [2.45, 2.75) is 32.7 Å². The number of hydrogen-bond donors (Lipinski definition) is 2. The molecule has 1 aliphatic heterocycles. The second-order valence-electron chi connectivity index (χ2n) is 6.88. The van der Waals surface area contributed by atoms with Gasteiger partial charge in [0, 0.05) is 16.9 Å². The van der Waals surface area contributed by atoms with Crippen LogP contribution in [0.25, 0.3) is 11.0 Å². The van der Waals surface area contributed by atoms with Crippen molar-refractivity contribution in [2.24, 2.45) is 11.3 Å². The van der Waals surface area contributed by atoms with E-state index in [-0.39, 0.29) is 35.5 Å². The second-order valence-corrected chi connectivity index (χ2v) is 6.88. The number of carbonyl (C=O) groups is 1. The summed E-state index contributed by atoms with van der Waals surface area (Å²) in [5, 5.41) is 7.12. The second kappa shape index (κ2) is 6.37. The van der Waals surface area contributed by atoms with E-state index >= 15 is 0 Å². The number of aryl methyl sites for hydroxylation is 1. The highest BCUT2D eigenvalue weighted by Gasteiger charge is 2.57. The molecule has 4 nitrogen and oxygen atoms in total. The summed E-state index contributed by atoms with van der Waals surface area (Å²) < 4.78 is 19.1. The molecule has 1 saturated heterocycles. The molecular weight excluding hydrogens is 331 g/mol. The molecule has 1 saturated carbocycles. The molecule has 1 aromatic carbocycles. The van der Waals surface area contributed by atoms with Gasteiger partial charge in [-0.05, 0) is 62.9 Å². The number of rotatable bonds is 3. The Bertz CT molecular complexity index is 768. The first-order chi connectivity index (χ1) is 11.1. The maximum Gasteiger partial charge on any atom is 0.224 e. The molecule has 1 atom stereocenters. The minimum absolute atomic E-state index is 0. The zero-order valence-electron chi connectivity index (χ0n) is 13.7. The number of amides is 1. The standard InChI is InChI=1S/C18H21FN2O2.ClH/c1-11-13-8-12(19)2-3-15(13)23-16(11)10-21-17(22)14-9-18(14)4-6-20-7-5-18;/h2-3,8,14,20H,4-7,9-10H2,1H3,(H,21,22);1H. The van der Waals surface area contributed by atoms with E-state index in [0.29, 0.717) is 17.9 Å². The Labute approximate surface area is 146 Å². The van der Waals surface area contributed by atoms with E-state index in [0.717, 1.165) is 43.3 Å². The summed E-state index contributed by atoms with van der Waals surface area (Å²) in [5.41, 5.74) is 1.79. The summed E-state index contributed by atoms with van der Waals surface area (Å²) >= 11 is 0. The van der Waals surface area contributed by atoms with E-state index in [2.05, 4.69) is 10.6 Å².